The Morgan fingerprint density at radius 1 is 1.23 bits per heavy atom. The van der Waals surface area contributed by atoms with Crippen molar-refractivity contribution in [2.24, 2.45) is 0 Å². The number of unbranched alkanes of at least 4 members (excludes halogenated alkanes) is 1. The molecule has 140 valence electrons. The van der Waals surface area contributed by atoms with Crippen LogP contribution in [0.15, 0.2) is 24.3 Å². The number of hydrogen-bond donors (Lipinski definition) is 1. The van der Waals surface area contributed by atoms with E-state index < -0.39 is 0 Å². The van der Waals surface area contributed by atoms with E-state index in [-0.39, 0.29) is 6.03 Å². The van der Waals surface area contributed by atoms with Crippen molar-refractivity contribution in [1.82, 2.24) is 20.1 Å². The fraction of sp³-hybridized carbons (Fsp3) is 0.526. The molecule has 1 aliphatic rings. The highest BCUT2D eigenvalue weighted by Crippen LogP contribution is 2.22. The maximum atomic E-state index is 12.8. The third-order valence-electron chi connectivity index (χ3n) is 4.68. The van der Waals surface area contributed by atoms with Gasteiger partial charge >= 0.3 is 6.03 Å². The quantitative estimate of drug-likeness (QED) is 0.770. The third-order valence-corrected chi connectivity index (χ3v) is 4.93. The van der Waals surface area contributed by atoms with Crippen LogP contribution < -0.4 is 10.2 Å². The topological polar surface area (TPSA) is 63.1 Å². The number of amides is 2. The van der Waals surface area contributed by atoms with Gasteiger partial charge in [-0.25, -0.2) is 4.79 Å². The van der Waals surface area contributed by atoms with Gasteiger partial charge < -0.3 is 9.88 Å². The average molecular weight is 376 g/mol. The number of nitrogens with one attached hydrogen (secondary N) is 1. The molecule has 3 rings (SSSR count). The second kappa shape index (κ2) is 9.03. The van der Waals surface area contributed by atoms with Crippen LogP contribution in [0.4, 0.5) is 10.5 Å². The number of anilines is 1. The first-order valence-electron chi connectivity index (χ1n) is 9.41. The summed E-state index contributed by atoms with van der Waals surface area (Å²) < 4.78 is 2.18. The van der Waals surface area contributed by atoms with Crippen molar-refractivity contribution in [1.29, 1.82) is 0 Å². The first kappa shape index (κ1) is 18.7. The highest BCUT2D eigenvalue weighted by molar-refractivity contribution is 6.30. The second-order valence-corrected chi connectivity index (χ2v) is 7.08. The van der Waals surface area contributed by atoms with Gasteiger partial charge in [-0.2, -0.15) is 0 Å². The van der Waals surface area contributed by atoms with Gasteiger partial charge in [0.05, 0.1) is 6.54 Å². The van der Waals surface area contributed by atoms with E-state index in [1.165, 1.54) is 6.42 Å². The number of rotatable bonds is 6. The Bertz CT molecular complexity index is 728. The van der Waals surface area contributed by atoms with Gasteiger partial charge in [0.25, 0.3) is 0 Å². The molecule has 1 aromatic heterocycles. The van der Waals surface area contributed by atoms with Crippen molar-refractivity contribution in [3.05, 3.63) is 40.9 Å². The molecule has 0 saturated heterocycles. The number of aromatic nitrogens is 3. The van der Waals surface area contributed by atoms with Gasteiger partial charge in [0.2, 0.25) is 0 Å². The summed E-state index contributed by atoms with van der Waals surface area (Å²) >= 11 is 6.01. The summed E-state index contributed by atoms with van der Waals surface area (Å²) in [6.07, 6.45) is 6.44. The highest BCUT2D eigenvalue weighted by atomic mass is 35.5. The van der Waals surface area contributed by atoms with Crippen LogP contribution in [0, 0.1) is 0 Å². The lowest BCUT2D eigenvalue weighted by atomic mass is 10.2. The molecule has 6 nitrogen and oxygen atoms in total. The van der Waals surface area contributed by atoms with Crippen LogP contribution in [0.2, 0.25) is 5.02 Å². The molecule has 26 heavy (non-hydrogen) atoms. The Balaban J connectivity index is 1.82. The van der Waals surface area contributed by atoms with E-state index in [1.54, 1.807) is 17.0 Å². The molecule has 0 unspecified atom stereocenters. The van der Waals surface area contributed by atoms with Crippen LogP contribution in [0.5, 0.6) is 0 Å². The van der Waals surface area contributed by atoms with Crippen molar-refractivity contribution in [3.63, 3.8) is 0 Å². The van der Waals surface area contributed by atoms with E-state index >= 15 is 0 Å². The summed E-state index contributed by atoms with van der Waals surface area (Å²) in [6, 6.07) is 7.20. The fourth-order valence-corrected chi connectivity index (χ4v) is 3.30. The van der Waals surface area contributed by atoms with Crippen LogP contribution in [-0.4, -0.2) is 27.3 Å². The number of carbonyl (C=O) groups excluding carboxylic acids is 1. The summed E-state index contributed by atoms with van der Waals surface area (Å²) in [5, 5.41) is 12.4. The average Bonchev–Trinajstić information content (AvgIpc) is 2.87. The molecule has 0 fully saturated rings. The third kappa shape index (κ3) is 4.55. The molecule has 1 aromatic carbocycles. The van der Waals surface area contributed by atoms with E-state index in [2.05, 4.69) is 27.0 Å². The van der Waals surface area contributed by atoms with Gasteiger partial charge in [-0.15, -0.1) is 10.2 Å². The molecule has 2 heterocycles. The molecule has 0 spiro atoms. The molecule has 1 aliphatic heterocycles. The molecule has 2 aromatic rings. The first-order valence-corrected chi connectivity index (χ1v) is 9.78. The number of halogens is 1. The summed E-state index contributed by atoms with van der Waals surface area (Å²) in [6.45, 7) is 4.09. The number of benzene rings is 1. The van der Waals surface area contributed by atoms with Gasteiger partial charge in [0.15, 0.2) is 5.82 Å². The lowest BCUT2D eigenvalue weighted by molar-refractivity contribution is 0.245. The summed E-state index contributed by atoms with van der Waals surface area (Å²) in [5.41, 5.74) is 0.800. The molecule has 0 saturated carbocycles. The summed E-state index contributed by atoms with van der Waals surface area (Å²) in [7, 11) is 0. The minimum Gasteiger partial charge on any atom is -0.338 e. The molecule has 2 amide bonds. The Hall–Kier alpha value is -2.08. The Morgan fingerprint density at radius 3 is 2.81 bits per heavy atom. The fourth-order valence-electron chi connectivity index (χ4n) is 3.17. The van der Waals surface area contributed by atoms with Gasteiger partial charge in [0, 0.05) is 30.2 Å². The van der Waals surface area contributed by atoms with Crippen molar-refractivity contribution >= 4 is 23.3 Å². The number of nitrogens with zero attached hydrogens (tertiary/aromatic N) is 4. The first-order chi connectivity index (χ1) is 12.7. The highest BCUT2D eigenvalue weighted by Gasteiger charge is 2.21. The second-order valence-electron chi connectivity index (χ2n) is 6.64. The van der Waals surface area contributed by atoms with Crippen LogP contribution in [0.25, 0.3) is 0 Å². The molecule has 1 N–H and O–H groups in total. The monoisotopic (exact) mass is 375 g/mol. The van der Waals surface area contributed by atoms with Crippen molar-refractivity contribution in [2.45, 2.75) is 58.5 Å². The maximum absolute atomic E-state index is 12.8. The number of urea groups is 1. The minimum absolute atomic E-state index is 0.119. The number of carbonyl (C=O) groups is 1. The SMILES string of the molecule is CCCCNC(=O)N(Cc1nnc2n1CCCCC2)c1ccc(Cl)cc1. The minimum atomic E-state index is -0.119. The van der Waals surface area contributed by atoms with Gasteiger partial charge in [0.1, 0.15) is 5.82 Å². The van der Waals surface area contributed by atoms with Crippen LogP contribution in [-0.2, 0) is 19.5 Å². The van der Waals surface area contributed by atoms with Gasteiger partial charge in [-0.3, -0.25) is 4.90 Å². The van der Waals surface area contributed by atoms with Gasteiger partial charge in [-0.1, -0.05) is 31.4 Å². The van der Waals surface area contributed by atoms with Crippen LogP contribution in [0.3, 0.4) is 0 Å². The van der Waals surface area contributed by atoms with Crippen LogP contribution in [0.1, 0.15) is 50.7 Å². The lowest BCUT2D eigenvalue weighted by Gasteiger charge is -2.23. The zero-order chi connectivity index (χ0) is 18.4. The number of hydrogen-bond acceptors (Lipinski definition) is 3. The van der Waals surface area contributed by atoms with E-state index in [0.717, 1.165) is 56.0 Å². The van der Waals surface area contributed by atoms with E-state index in [0.29, 0.717) is 18.1 Å². The zero-order valence-corrected chi connectivity index (χ0v) is 16.0. The maximum Gasteiger partial charge on any atom is 0.322 e. The van der Waals surface area contributed by atoms with E-state index in [1.807, 2.05) is 12.1 Å². The molecule has 0 radical (unpaired) electrons. The normalized spacial score (nSPS) is 13.8. The van der Waals surface area contributed by atoms with Crippen molar-refractivity contribution in [2.75, 3.05) is 11.4 Å². The predicted octanol–water partition coefficient (Wildman–Crippen LogP) is 4.17. The van der Waals surface area contributed by atoms with E-state index in [9.17, 15) is 4.79 Å². The van der Waals surface area contributed by atoms with Crippen molar-refractivity contribution < 1.29 is 4.79 Å². The number of fused-ring (bicyclic) bond motifs is 1. The smallest absolute Gasteiger partial charge is 0.322 e. The molecular weight excluding hydrogens is 350 g/mol. The molecule has 0 atom stereocenters. The largest absolute Gasteiger partial charge is 0.338 e. The summed E-state index contributed by atoms with van der Waals surface area (Å²) in [4.78, 5) is 14.5. The van der Waals surface area contributed by atoms with E-state index in [4.69, 9.17) is 11.6 Å². The standard InChI is InChI=1S/C19H26ClN5O/c1-2-3-12-21-19(26)25(16-10-8-15(20)9-11-16)14-18-23-22-17-7-5-4-6-13-24(17)18/h8-11H,2-7,12-14H2,1H3,(H,21,26). The predicted molar refractivity (Wildman–Crippen MR) is 104 cm³/mol. The Kier molecular flexibility index (Phi) is 6.50. The lowest BCUT2D eigenvalue weighted by Crippen LogP contribution is -2.40. The molecule has 0 bridgehead atoms. The molecule has 0 aliphatic carbocycles. The number of aryl methyl sites for hydroxylation is 1. The Morgan fingerprint density at radius 2 is 2.04 bits per heavy atom. The summed E-state index contributed by atoms with van der Waals surface area (Å²) in [5.74, 6) is 1.86. The molecule has 7 heteroatoms. The van der Waals surface area contributed by atoms with Gasteiger partial charge in [-0.05, 0) is 43.5 Å². The zero-order valence-electron chi connectivity index (χ0n) is 15.2. The van der Waals surface area contributed by atoms with Crippen LogP contribution >= 0.6 is 11.6 Å². The Labute approximate surface area is 159 Å². The molecular formula is C19H26ClN5O. The van der Waals surface area contributed by atoms with Crippen molar-refractivity contribution in [3.8, 4) is 0 Å².